The zero-order valence-corrected chi connectivity index (χ0v) is 12.0. The molecule has 1 N–H and O–H groups in total. The van der Waals surface area contributed by atoms with E-state index in [1.807, 2.05) is 6.07 Å². The summed E-state index contributed by atoms with van der Waals surface area (Å²) in [6.45, 7) is 0. The number of benzene rings is 1. The molecule has 0 bridgehead atoms. The Hall–Kier alpha value is -1.28. The van der Waals surface area contributed by atoms with Gasteiger partial charge in [-0.15, -0.1) is 0 Å². The summed E-state index contributed by atoms with van der Waals surface area (Å²) in [4.78, 5) is 4.14. The Kier molecular flexibility index (Phi) is 4.07. The number of nitrogens with one attached hydrogen (secondary N) is 1. The predicted octanol–water partition coefficient (Wildman–Crippen LogP) is 4.77. The Morgan fingerprint density at radius 1 is 1.22 bits per heavy atom. The molecule has 18 heavy (non-hydrogen) atoms. The molecule has 3 nitrogen and oxygen atoms in total. The molecular formula is C12H6BrCl2N3. The molecule has 0 fully saturated rings. The molecule has 0 aliphatic heterocycles. The van der Waals surface area contributed by atoms with Crippen molar-refractivity contribution in [2.75, 3.05) is 5.32 Å². The van der Waals surface area contributed by atoms with Gasteiger partial charge in [0, 0.05) is 10.7 Å². The average Bonchev–Trinajstić information content (AvgIpc) is 2.35. The lowest BCUT2D eigenvalue weighted by Crippen LogP contribution is -1.95. The Morgan fingerprint density at radius 2 is 2.00 bits per heavy atom. The number of rotatable bonds is 2. The Morgan fingerprint density at radius 3 is 2.67 bits per heavy atom. The lowest BCUT2D eigenvalue weighted by Gasteiger charge is -2.09. The van der Waals surface area contributed by atoms with Crippen LogP contribution in [0.5, 0.6) is 0 Å². The zero-order valence-electron chi connectivity index (χ0n) is 8.92. The van der Waals surface area contributed by atoms with Gasteiger partial charge in [-0.05, 0) is 40.2 Å². The number of aromatic nitrogens is 1. The molecule has 90 valence electrons. The predicted molar refractivity (Wildman–Crippen MR) is 76.4 cm³/mol. The van der Waals surface area contributed by atoms with Gasteiger partial charge in [0.1, 0.15) is 5.82 Å². The Bertz CT molecular complexity index is 638. The van der Waals surface area contributed by atoms with Crippen LogP contribution in [0.15, 0.2) is 34.9 Å². The Balaban J connectivity index is 2.37. The minimum absolute atomic E-state index is 0.461. The van der Waals surface area contributed by atoms with Crippen LogP contribution in [0.2, 0.25) is 10.0 Å². The van der Waals surface area contributed by atoms with Crippen molar-refractivity contribution in [3.05, 3.63) is 50.5 Å². The SMILES string of the molecule is N#Cc1ccc(Cl)c(Nc2ncc(Br)cc2Cl)c1. The van der Waals surface area contributed by atoms with Crippen LogP contribution >= 0.6 is 39.1 Å². The van der Waals surface area contributed by atoms with E-state index in [2.05, 4.69) is 26.2 Å². The molecule has 0 aliphatic rings. The number of halogens is 3. The smallest absolute Gasteiger partial charge is 0.149 e. The maximum Gasteiger partial charge on any atom is 0.149 e. The number of hydrogen-bond acceptors (Lipinski definition) is 3. The lowest BCUT2D eigenvalue weighted by atomic mass is 10.2. The van der Waals surface area contributed by atoms with Gasteiger partial charge in [0.15, 0.2) is 0 Å². The number of nitriles is 1. The zero-order chi connectivity index (χ0) is 13.1. The second-order valence-electron chi connectivity index (χ2n) is 3.42. The van der Waals surface area contributed by atoms with Crippen molar-refractivity contribution in [1.29, 1.82) is 5.26 Å². The van der Waals surface area contributed by atoms with E-state index in [1.54, 1.807) is 30.5 Å². The molecular weight excluding hydrogens is 337 g/mol. The first kappa shape index (κ1) is 13.2. The fourth-order valence-corrected chi connectivity index (χ4v) is 2.17. The van der Waals surface area contributed by atoms with E-state index in [0.29, 0.717) is 27.1 Å². The van der Waals surface area contributed by atoms with Crippen molar-refractivity contribution in [2.24, 2.45) is 0 Å². The van der Waals surface area contributed by atoms with Gasteiger partial charge >= 0.3 is 0 Å². The summed E-state index contributed by atoms with van der Waals surface area (Å²) >= 11 is 15.4. The van der Waals surface area contributed by atoms with E-state index in [0.717, 1.165) is 4.47 Å². The van der Waals surface area contributed by atoms with Crippen LogP contribution in [0.25, 0.3) is 0 Å². The second-order valence-corrected chi connectivity index (χ2v) is 5.15. The highest BCUT2D eigenvalue weighted by atomic mass is 79.9. The van der Waals surface area contributed by atoms with Crippen molar-refractivity contribution in [3.8, 4) is 6.07 Å². The minimum Gasteiger partial charge on any atom is -0.338 e. The molecule has 0 unspecified atom stereocenters. The van der Waals surface area contributed by atoms with E-state index in [1.165, 1.54) is 0 Å². The molecule has 0 amide bonds. The quantitative estimate of drug-likeness (QED) is 0.855. The minimum atomic E-state index is 0.461. The molecule has 2 aromatic rings. The molecule has 2 rings (SSSR count). The number of pyridine rings is 1. The summed E-state index contributed by atoms with van der Waals surface area (Å²) in [6.07, 6.45) is 1.62. The monoisotopic (exact) mass is 341 g/mol. The van der Waals surface area contributed by atoms with Crippen molar-refractivity contribution >= 4 is 50.6 Å². The highest BCUT2D eigenvalue weighted by Gasteiger charge is 2.07. The van der Waals surface area contributed by atoms with Gasteiger partial charge < -0.3 is 5.32 Å². The summed E-state index contributed by atoms with van der Waals surface area (Å²) in [5, 5.41) is 12.8. The van der Waals surface area contributed by atoms with Crippen molar-refractivity contribution < 1.29 is 0 Å². The first-order valence-corrected chi connectivity index (χ1v) is 6.43. The summed E-state index contributed by atoms with van der Waals surface area (Å²) < 4.78 is 0.787. The molecule has 1 aromatic carbocycles. The highest BCUT2D eigenvalue weighted by molar-refractivity contribution is 9.10. The molecule has 0 spiro atoms. The fourth-order valence-electron chi connectivity index (χ4n) is 1.32. The average molecular weight is 343 g/mol. The van der Waals surface area contributed by atoms with Gasteiger partial charge in [0.2, 0.25) is 0 Å². The summed E-state index contributed by atoms with van der Waals surface area (Å²) in [6, 6.07) is 8.70. The molecule has 1 heterocycles. The maximum absolute atomic E-state index is 8.84. The van der Waals surface area contributed by atoms with Gasteiger partial charge in [0.25, 0.3) is 0 Å². The topological polar surface area (TPSA) is 48.7 Å². The van der Waals surface area contributed by atoms with Crippen LogP contribution in [0.4, 0.5) is 11.5 Å². The Labute approximate surface area is 122 Å². The lowest BCUT2D eigenvalue weighted by molar-refractivity contribution is 1.29. The van der Waals surface area contributed by atoms with Crippen LogP contribution in [-0.4, -0.2) is 4.98 Å². The van der Waals surface area contributed by atoms with Crippen LogP contribution in [0.3, 0.4) is 0 Å². The molecule has 0 atom stereocenters. The largest absolute Gasteiger partial charge is 0.338 e. The van der Waals surface area contributed by atoms with Gasteiger partial charge in [-0.1, -0.05) is 23.2 Å². The van der Waals surface area contributed by atoms with Gasteiger partial charge in [0.05, 0.1) is 27.4 Å². The fraction of sp³-hybridized carbons (Fsp3) is 0. The van der Waals surface area contributed by atoms with Crippen LogP contribution in [0, 0.1) is 11.3 Å². The van der Waals surface area contributed by atoms with Gasteiger partial charge in [-0.3, -0.25) is 0 Å². The van der Waals surface area contributed by atoms with E-state index in [-0.39, 0.29) is 0 Å². The standard InChI is InChI=1S/C12H6BrCl2N3/c13-8-4-10(15)12(17-6-8)18-11-3-7(5-16)1-2-9(11)14/h1-4,6H,(H,17,18). The van der Waals surface area contributed by atoms with E-state index in [4.69, 9.17) is 28.5 Å². The molecule has 0 saturated carbocycles. The normalized spacial score (nSPS) is 9.89. The van der Waals surface area contributed by atoms with Crippen molar-refractivity contribution in [3.63, 3.8) is 0 Å². The third kappa shape index (κ3) is 2.94. The molecule has 6 heteroatoms. The first-order chi connectivity index (χ1) is 8.60. The van der Waals surface area contributed by atoms with Crippen molar-refractivity contribution in [1.82, 2.24) is 4.98 Å². The summed E-state index contributed by atoms with van der Waals surface area (Å²) in [5.74, 6) is 0.483. The van der Waals surface area contributed by atoms with E-state index >= 15 is 0 Å². The van der Waals surface area contributed by atoms with Crippen molar-refractivity contribution in [2.45, 2.75) is 0 Å². The molecule has 0 saturated heterocycles. The third-order valence-electron chi connectivity index (χ3n) is 2.16. The van der Waals surface area contributed by atoms with Crippen LogP contribution in [-0.2, 0) is 0 Å². The van der Waals surface area contributed by atoms with E-state index in [9.17, 15) is 0 Å². The molecule has 1 aromatic heterocycles. The third-order valence-corrected chi connectivity index (χ3v) is 3.21. The van der Waals surface area contributed by atoms with Crippen LogP contribution in [0.1, 0.15) is 5.56 Å². The number of anilines is 2. The number of hydrogen-bond donors (Lipinski definition) is 1. The highest BCUT2D eigenvalue weighted by Crippen LogP contribution is 2.30. The molecule has 0 aliphatic carbocycles. The second kappa shape index (κ2) is 5.57. The van der Waals surface area contributed by atoms with Gasteiger partial charge in [-0.25, -0.2) is 4.98 Å². The summed E-state index contributed by atoms with van der Waals surface area (Å²) in [5.41, 5.74) is 1.10. The maximum atomic E-state index is 8.84. The first-order valence-electron chi connectivity index (χ1n) is 4.88. The molecule has 0 radical (unpaired) electrons. The summed E-state index contributed by atoms with van der Waals surface area (Å²) in [7, 11) is 0. The van der Waals surface area contributed by atoms with E-state index < -0.39 is 0 Å². The van der Waals surface area contributed by atoms with Crippen LogP contribution < -0.4 is 5.32 Å². The number of nitrogens with zero attached hydrogens (tertiary/aromatic N) is 2. The van der Waals surface area contributed by atoms with Gasteiger partial charge in [-0.2, -0.15) is 5.26 Å².